The molecule has 2 N–H and O–H groups in total. The molecule has 2 aromatic rings. The van der Waals surface area contributed by atoms with E-state index < -0.39 is 5.97 Å². The van der Waals surface area contributed by atoms with Gasteiger partial charge in [0.15, 0.2) is 6.61 Å². The lowest BCUT2D eigenvalue weighted by molar-refractivity contribution is -0.137. The molecule has 1 aromatic carbocycles. The van der Waals surface area contributed by atoms with E-state index in [1.807, 2.05) is 0 Å². The zero-order valence-corrected chi connectivity index (χ0v) is 13.1. The summed E-state index contributed by atoms with van der Waals surface area (Å²) in [4.78, 5) is 22.3. The second-order valence-electron chi connectivity index (χ2n) is 4.41. The molecule has 2 rings (SSSR count). The first-order chi connectivity index (χ1) is 11.1. The molecule has 122 valence electrons. The number of methoxy groups -OCH3 is 1. The van der Waals surface area contributed by atoms with Crippen molar-refractivity contribution in [1.29, 1.82) is 0 Å². The molecule has 1 amide bonds. The minimum atomic E-state index is -0.905. The summed E-state index contributed by atoms with van der Waals surface area (Å²) in [5.41, 5.74) is 0. The minimum absolute atomic E-state index is 0.0263. The van der Waals surface area contributed by atoms with Crippen LogP contribution >= 0.6 is 11.3 Å². The molecule has 0 bridgehead atoms. The van der Waals surface area contributed by atoms with Gasteiger partial charge in [-0.15, -0.1) is 10.2 Å². The molecule has 0 unspecified atom stereocenters. The van der Waals surface area contributed by atoms with E-state index in [0.717, 1.165) is 11.3 Å². The zero-order valence-electron chi connectivity index (χ0n) is 12.3. The highest BCUT2D eigenvalue weighted by Crippen LogP contribution is 2.19. The summed E-state index contributed by atoms with van der Waals surface area (Å²) in [5, 5.41) is 19.6. The lowest BCUT2D eigenvalue weighted by atomic mass is 10.3. The van der Waals surface area contributed by atoms with Crippen LogP contribution in [0.5, 0.6) is 11.5 Å². The number of aliphatic carboxylic acids is 1. The molecule has 0 spiro atoms. The third-order valence-corrected chi connectivity index (χ3v) is 3.58. The molecule has 8 nitrogen and oxygen atoms in total. The van der Waals surface area contributed by atoms with Crippen LogP contribution in [-0.2, 0) is 16.0 Å². The SMILES string of the molecule is COc1cccc(OCC(=O)Nc2nnc(CCC(=O)O)s2)c1. The van der Waals surface area contributed by atoms with Crippen LogP contribution in [0.3, 0.4) is 0 Å². The first-order valence-electron chi connectivity index (χ1n) is 6.67. The number of ether oxygens (including phenoxy) is 2. The highest BCUT2D eigenvalue weighted by atomic mass is 32.1. The summed E-state index contributed by atoms with van der Waals surface area (Å²) in [6.45, 7) is -0.183. The van der Waals surface area contributed by atoms with Gasteiger partial charge in [0.05, 0.1) is 13.5 Å². The number of hydrogen-bond donors (Lipinski definition) is 2. The molecule has 1 aromatic heterocycles. The molecule has 0 radical (unpaired) electrons. The number of carboxylic acid groups (broad SMARTS) is 1. The topological polar surface area (TPSA) is 111 Å². The standard InChI is InChI=1S/C14H15N3O5S/c1-21-9-3-2-4-10(7-9)22-8-11(18)15-14-17-16-12(23-14)5-6-13(19)20/h2-4,7H,5-6,8H2,1H3,(H,19,20)(H,15,17,18). The molecule has 0 saturated carbocycles. The first kappa shape index (κ1) is 16.7. The molecule has 1 heterocycles. The minimum Gasteiger partial charge on any atom is -0.497 e. The van der Waals surface area contributed by atoms with Gasteiger partial charge in [-0.05, 0) is 12.1 Å². The van der Waals surface area contributed by atoms with Crippen LogP contribution in [0.1, 0.15) is 11.4 Å². The fraction of sp³-hybridized carbons (Fsp3) is 0.286. The summed E-state index contributed by atoms with van der Waals surface area (Å²) in [6.07, 6.45) is 0.255. The summed E-state index contributed by atoms with van der Waals surface area (Å²) in [7, 11) is 1.54. The highest BCUT2D eigenvalue weighted by molar-refractivity contribution is 7.15. The molecule has 0 aliphatic rings. The number of hydrogen-bond acceptors (Lipinski definition) is 7. The fourth-order valence-corrected chi connectivity index (χ4v) is 2.37. The van der Waals surface area contributed by atoms with Gasteiger partial charge in [0.25, 0.3) is 5.91 Å². The van der Waals surface area contributed by atoms with Crippen molar-refractivity contribution < 1.29 is 24.2 Å². The average molecular weight is 337 g/mol. The van der Waals surface area contributed by atoms with Crippen LogP contribution in [-0.4, -0.2) is 40.9 Å². The predicted molar refractivity (Wildman–Crippen MR) is 83.0 cm³/mol. The van der Waals surface area contributed by atoms with E-state index in [1.54, 1.807) is 31.4 Å². The van der Waals surface area contributed by atoms with Crippen molar-refractivity contribution in [3.8, 4) is 11.5 Å². The number of nitrogens with one attached hydrogen (secondary N) is 1. The Balaban J connectivity index is 1.81. The van der Waals surface area contributed by atoms with E-state index >= 15 is 0 Å². The number of amides is 1. The molecule has 0 aliphatic heterocycles. The summed E-state index contributed by atoms with van der Waals surface area (Å²) < 4.78 is 10.4. The van der Waals surface area contributed by atoms with E-state index in [1.165, 1.54) is 0 Å². The van der Waals surface area contributed by atoms with Crippen LogP contribution in [0.2, 0.25) is 0 Å². The summed E-state index contributed by atoms with van der Waals surface area (Å²) in [5.74, 6) is -0.139. The normalized spacial score (nSPS) is 10.1. The number of rotatable bonds is 8. The van der Waals surface area contributed by atoms with Crippen molar-refractivity contribution in [1.82, 2.24) is 10.2 Å². The third kappa shape index (κ3) is 5.55. The Hall–Kier alpha value is -2.68. The Bertz CT molecular complexity index is 689. The second kappa shape index (κ2) is 8.08. The zero-order chi connectivity index (χ0) is 16.7. The van der Waals surface area contributed by atoms with Crippen molar-refractivity contribution in [3.63, 3.8) is 0 Å². The van der Waals surface area contributed by atoms with Gasteiger partial charge in [-0.25, -0.2) is 0 Å². The molecular formula is C14H15N3O5S. The van der Waals surface area contributed by atoms with E-state index in [4.69, 9.17) is 14.6 Å². The van der Waals surface area contributed by atoms with Crippen LogP contribution in [0, 0.1) is 0 Å². The van der Waals surface area contributed by atoms with Crippen LogP contribution < -0.4 is 14.8 Å². The van der Waals surface area contributed by atoms with Crippen molar-refractivity contribution in [2.45, 2.75) is 12.8 Å². The maximum Gasteiger partial charge on any atom is 0.303 e. The summed E-state index contributed by atoms with van der Waals surface area (Å²) >= 11 is 1.14. The van der Waals surface area contributed by atoms with Crippen molar-refractivity contribution >= 4 is 28.3 Å². The van der Waals surface area contributed by atoms with Crippen LogP contribution in [0.15, 0.2) is 24.3 Å². The fourth-order valence-electron chi connectivity index (χ4n) is 1.61. The number of carbonyl (C=O) groups excluding carboxylic acids is 1. The maximum atomic E-state index is 11.8. The molecule has 0 fully saturated rings. The molecular weight excluding hydrogens is 322 g/mol. The lowest BCUT2D eigenvalue weighted by Gasteiger charge is -2.06. The number of nitrogens with zero attached hydrogens (tertiary/aromatic N) is 2. The average Bonchev–Trinajstić information content (AvgIpc) is 2.98. The quantitative estimate of drug-likeness (QED) is 0.752. The van der Waals surface area contributed by atoms with Crippen LogP contribution in [0.4, 0.5) is 5.13 Å². The Morgan fingerprint density at radius 2 is 2.09 bits per heavy atom. The van der Waals surface area contributed by atoms with Crippen molar-refractivity contribution in [2.24, 2.45) is 0 Å². The van der Waals surface area contributed by atoms with E-state index in [-0.39, 0.29) is 25.4 Å². The highest BCUT2D eigenvalue weighted by Gasteiger charge is 2.10. The Kier molecular flexibility index (Phi) is 5.87. The van der Waals surface area contributed by atoms with Gasteiger partial charge in [0, 0.05) is 12.5 Å². The van der Waals surface area contributed by atoms with E-state index in [9.17, 15) is 9.59 Å². The molecule has 23 heavy (non-hydrogen) atoms. The Morgan fingerprint density at radius 3 is 2.83 bits per heavy atom. The molecule has 0 atom stereocenters. The predicted octanol–water partition coefficient (Wildman–Crippen LogP) is 1.58. The number of anilines is 1. The van der Waals surface area contributed by atoms with Gasteiger partial charge in [0.1, 0.15) is 16.5 Å². The molecule has 9 heteroatoms. The molecule has 0 aliphatic carbocycles. The van der Waals surface area contributed by atoms with E-state index in [2.05, 4.69) is 15.5 Å². The van der Waals surface area contributed by atoms with Gasteiger partial charge in [0.2, 0.25) is 5.13 Å². The number of carbonyl (C=O) groups is 2. The number of aromatic nitrogens is 2. The van der Waals surface area contributed by atoms with Crippen molar-refractivity contribution in [2.75, 3.05) is 19.0 Å². The number of carboxylic acids is 1. The van der Waals surface area contributed by atoms with Crippen molar-refractivity contribution in [3.05, 3.63) is 29.3 Å². The van der Waals surface area contributed by atoms with Gasteiger partial charge in [-0.3, -0.25) is 14.9 Å². The van der Waals surface area contributed by atoms with Gasteiger partial charge >= 0.3 is 5.97 Å². The van der Waals surface area contributed by atoms with Gasteiger partial charge in [-0.1, -0.05) is 17.4 Å². The monoisotopic (exact) mass is 337 g/mol. The smallest absolute Gasteiger partial charge is 0.303 e. The van der Waals surface area contributed by atoms with E-state index in [0.29, 0.717) is 21.6 Å². The van der Waals surface area contributed by atoms with Gasteiger partial charge < -0.3 is 14.6 Å². The van der Waals surface area contributed by atoms with Crippen LogP contribution in [0.25, 0.3) is 0 Å². The second-order valence-corrected chi connectivity index (χ2v) is 5.47. The molecule has 0 saturated heterocycles. The number of aryl methyl sites for hydroxylation is 1. The first-order valence-corrected chi connectivity index (χ1v) is 7.49. The Labute approximate surface area is 136 Å². The third-order valence-electron chi connectivity index (χ3n) is 2.68. The largest absolute Gasteiger partial charge is 0.497 e. The summed E-state index contributed by atoms with van der Waals surface area (Å²) in [6, 6.07) is 6.91. The lowest BCUT2D eigenvalue weighted by Crippen LogP contribution is -2.20. The Morgan fingerprint density at radius 1 is 1.30 bits per heavy atom. The number of benzene rings is 1. The maximum absolute atomic E-state index is 11.8. The van der Waals surface area contributed by atoms with Gasteiger partial charge in [-0.2, -0.15) is 0 Å².